The second-order valence-electron chi connectivity index (χ2n) is 3.16. The maximum Gasteiger partial charge on any atom is 0.210 e. The van der Waals surface area contributed by atoms with E-state index in [2.05, 4.69) is 15.7 Å². The van der Waals surface area contributed by atoms with Crippen LogP contribution >= 0.6 is 0 Å². The van der Waals surface area contributed by atoms with Crippen LogP contribution in [0.2, 0.25) is 0 Å². The van der Waals surface area contributed by atoms with E-state index in [0.717, 1.165) is 24.6 Å². The van der Waals surface area contributed by atoms with Gasteiger partial charge in [0.25, 0.3) is 0 Å². The Kier molecular flexibility index (Phi) is 4.65. The molecule has 88 valence electrons. The van der Waals surface area contributed by atoms with Gasteiger partial charge < -0.3 is 5.32 Å². The van der Waals surface area contributed by atoms with Gasteiger partial charge in [0.2, 0.25) is 5.96 Å². The van der Waals surface area contributed by atoms with Gasteiger partial charge in [0, 0.05) is 18.3 Å². The predicted molar refractivity (Wildman–Crippen MR) is 59.9 cm³/mol. The molecule has 4 nitrogen and oxygen atoms in total. The van der Waals surface area contributed by atoms with Gasteiger partial charge >= 0.3 is 0 Å². The Hall–Kier alpha value is -1.69. The van der Waals surface area contributed by atoms with Gasteiger partial charge in [-0.15, -0.1) is 0 Å². The lowest BCUT2D eigenvalue weighted by Crippen LogP contribution is -2.36. The van der Waals surface area contributed by atoms with Crippen molar-refractivity contribution in [3.05, 3.63) is 29.8 Å². The molecule has 1 aromatic carbocycles. The second kappa shape index (κ2) is 6.02. The molecule has 1 aromatic rings. The average molecular weight is 228 g/mol. The topological polar surface area (TPSA) is 62.4 Å². The summed E-state index contributed by atoms with van der Waals surface area (Å²) in [6.45, 7) is 2.53. The zero-order valence-corrected chi connectivity index (χ0v) is 8.93. The van der Waals surface area contributed by atoms with Crippen LogP contribution in [0.5, 0.6) is 0 Å². The number of aliphatic imine (C=N–C) groups is 1. The molecule has 0 amide bonds. The van der Waals surface area contributed by atoms with Gasteiger partial charge in [-0.1, -0.05) is 6.92 Å². The molecule has 0 aliphatic rings. The van der Waals surface area contributed by atoms with Crippen LogP contribution in [0, 0.1) is 11.6 Å². The van der Waals surface area contributed by atoms with Crippen LogP contribution in [0.1, 0.15) is 13.3 Å². The molecular formula is C10H14F2N4. The lowest BCUT2D eigenvalue weighted by molar-refractivity contribution is 0.584. The van der Waals surface area contributed by atoms with Crippen molar-refractivity contribution in [2.24, 2.45) is 10.8 Å². The molecule has 0 unspecified atom stereocenters. The van der Waals surface area contributed by atoms with E-state index in [0.29, 0.717) is 6.54 Å². The number of hydrogen-bond acceptors (Lipinski definition) is 2. The Labute approximate surface area is 92.5 Å². The highest BCUT2D eigenvalue weighted by atomic mass is 19.1. The maximum atomic E-state index is 12.9. The molecule has 0 aliphatic heterocycles. The van der Waals surface area contributed by atoms with Gasteiger partial charge in [-0.2, -0.15) is 0 Å². The van der Waals surface area contributed by atoms with E-state index in [9.17, 15) is 8.78 Å². The lowest BCUT2D eigenvalue weighted by Gasteiger charge is -2.09. The summed E-state index contributed by atoms with van der Waals surface area (Å²) in [7, 11) is 0. The molecule has 0 aliphatic carbocycles. The molecule has 0 saturated heterocycles. The van der Waals surface area contributed by atoms with E-state index < -0.39 is 11.6 Å². The van der Waals surface area contributed by atoms with Crippen LogP contribution in [-0.4, -0.2) is 12.5 Å². The first-order valence-electron chi connectivity index (χ1n) is 4.90. The monoisotopic (exact) mass is 228 g/mol. The van der Waals surface area contributed by atoms with E-state index in [1.54, 1.807) is 0 Å². The zero-order chi connectivity index (χ0) is 12.0. The van der Waals surface area contributed by atoms with Crippen molar-refractivity contribution >= 4 is 11.6 Å². The van der Waals surface area contributed by atoms with Gasteiger partial charge in [0.1, 0.15) is 11.6 Å². The molecule has 0 spiro atoms. The molecule has 4 N–H and O–H groups in total. The van der Waals surface area contributed by atoms with E-state index in [4.69, 9.17) is 5.84 Å². The molecule has 0 atom stereocenters. The average Bonchev–Trinajstić information content (AvgIpc) is 2.22. The van der Waals surface area contributed by atoms with Crippen molar-refractivity contribution < 1.29 is 8.78 Å². The van der Waals surface area contributed by atoms with Gasteiger partial charge in [0.05, 0.1) is 0 Å². The molecule has 0 bridgehead atoms. The van der Waals surface area contributed by atoms with E-state index in [-0.39, 0.29) is 11.6 Å². The van der Waals surface area contributed by atoms with Crippen molar-refractivity contribution in [1.29, 1.82) is 0 Å². The smallest absolute Gasteiger partial charge is 0.210 e. The van der Waals surface area contributed by atoms with Crippen molar-refractivity contribution in [3.8, 4) is 0 Å². The van der Waals surface area contributed by atoms with Crippen molar-refractivity contribution in [1.82, 2.24) is 5.43 Å². The van der Waals surface area contributed by atoms with E-state index >= 15 is 0 Å². The first kappa shape index (κ1) is 12.4. The molecule has 0 radical (unpaired) electrons. The Morgan fingerprint density at radius 3 is 2.44 bits per heavy atom. The summed E-state index contributed by atoms with van der Waals surface area (Å²) in [6, 6.07) is 3.10. The molecule has 6 heteroatoms. The van der Waals surface area contributed by atoms with E-state index in [1.165, 1.54) is 0 Å². The molecule has 1 rings (SSSR count). The van der Waals surface area contributed by atoms with Crippen molar-refractivity contribution in [2.45, 2.75) is 13.3 Å². The van der Waals surface area contributed by atoms with Crippen LogP contribution in [0.25, 0.3) is 0 Å². The van der Waals surface area contributed by atoms with Crippen molar-refractivity contribution in [2.75, 3.05) is 11.9 Å². The van der Waals surface area contributed by atoms with Gasteiger partial charge in [-0.3, -0.25) is 10.4 Å². The van der Waals surface area contributed by atoms with Gasteiger partial charge in [-0.05, 0) is 18.6 Å². The third-order valence-corrected chi connectivity index (χ3v) is 1.76. The molecule has 0 heterocycles. The third-order valence-electron chi connectivity index (χ3n) is 1.76. The minimum absolute atomic E-state index is 0.255. The lowest BCUT2D eigenvalue weighted by atomic mass is 10.3. The number of rotatable bonds is 3. The van der Waals surface area contributed by atoms with Gasteiger partial charge in [0.15, 0.2) is 0 Å². The second-order valence-corrected chi connectivity index (χ2v) is 3.16. The summed E-state index contributed by atoms with van der Waals surface area (Å²) < 4.78 is 25.7. The Balaban J connectivity index is 2.77. The first-order valence-corrected chi connectivity index (χ1v) is 4.90. The number of nitrogens with two attached hydrogens (primary N) is 1. The fraction of sp³-hybridized carbons (Fsp3) is 0.300. The fourth-order valence-corrected chi connectivity index (χ4v) is 1.11. The van der Waals surface area contributed by atoms with Crippen LogP contribution in [-0.2, 0) is 0 Å². The molecule has 16 heavy (non-hydrogen) atoms. The molecule has 0 saturated carbocycles. The minimum Gasteiger partial charge on any atom is -0.325 e. The van der Waals surface area contributed by atoms with Crippen LogP contribution < -0.4 is 16.6 Å². The summed E-state index contributed by atoms with van der Waals surface area (Å²) in [6.07, 6.45) is 0.852. The number of hydrazine groups is 1. The quantitative estimate of drug-likeness (QED) is 0.319. The summed E-state index contributed by atoms with van der Waals surface area (Å²) in [5.74, 6) is 4.16. The first-order chi connectivity index (χ1) is 7.65. The largest absolute Gasteiger partial charge is 0.325 e. The highest BCUT2D eigenvalue weighted by Crippen LogP contribution is 2.12. The summed E-state index contributed by atoms with van der Waals surface area (Å²) in [5, 5.41) is 2.68. The Morgan fingerprint density at radius 2 is 1.94 bits per heavy atom. The molecule has 0 fully saturated rings. The maximum absolute atomic E-state index is 12.9. The van der Waals surface area contributed by atoms with Crippen molar-refractivity contribution in [3.63, 3.8) is 0 Å². The number of nitrogens with zero attached hydrogens (tertiary/aromatic N) is 1. The zero-order valence-electron chi connectivity index (χ0n) is 8.93. The standard InChI is InChI=1S/C10H14F2N4/c1-2-3-14-10(16-13)15-9-5-7(11)4-8(12)6-9/h4-6H,2-3,13H2,1H3,(H2,14,15,16). The van der Waals surface area contributed by atoms with Crippen LogP contribution in [0.3, 0.4) is 0 Å². The predicted octanol–water partition coefficient (Wildman–Crippen LogP) is 1.61. The molecular weight excluding hydrogens is 214 g/mol. The minimum atomic E-state index is -0.658. The molecule has 0 aromatic heterocycles. The van der Waals surface area contributed by atoms with Crippen LogP contribution in [0.4, 0.5) is 14.5 Å². The third kappa shape index (κ3) is 3.82. The SMILES string of the molecule is CCCN=C(NN)Nc1cc(F)cc(F)c1. The number of halogens is 2. The summed E-state index contributed by atoms with van der Waals surface area (Å²) in [4.78, 5) is 4.04. The number of nitrogens with one attached hydrogen (secondary N) is 2. The van der Waals surface area contributed by atoms with Gasteiger partial charge in [-0.25, -0.2) is 14.6 Å². The Bertz CT molecular complexity index is 359. The number of benzene rings is 1. The van der Waals surface area contributed by atoms with Crippen LogP contribution in [0.15, 0.2) is 23.2 Å². The summed E-state index contributed by atoms with van der Waals surface area (Å²) >= 11 is 0. The fourth-order valence-electron chi connectivity index (χ4n) is 1.11. The normalized spacial score (nSPS) is 11.4. The highest BCUT2D eigenvalue weighted by molar-refractivity contribution is 5.93. The summed E-state index contributed by atoms with van der Waals surface area (Å²) in [5.41, 5.74) is 2.57. The highest BCUT2D eigenvalue weighted by Gasteiger charge is 2.02. The number of guanidine groups is 1. The number of hydrogen-bond donors (Lipinski definition) is 3. The number of anilines is 1. The van der Waals surface area contributed by atoms with E-state index in [1.807, 2.05) is 6.92 Å². The Morgan fingerprint density at radius 1 is 1.31 bits per heavy atom.